The molecule has 9 heteroatoms. The molecule has 0 aliphatic rings. The van der Waals surface area contributed by atoms with Crippen molar-refractivity contribution in [2.75, 3.05) is 0 Å². The molecular formula is C38H19F9. The molecule has 0 amide bonds. The number of aryl methyl sites for hydroxylation is 2. The molecular weight excluding hydrogens is 627 g/mol. The van der Waals surface area contributed by atoms with Crippen LogP contribution < -0.4 is 0 Å². The van der Waals surface area contributed by atoms with Gasteiger partial charge in [0.15, 0.2) is 23.3 Å². The van der Waals surface area contributed by atoms with Crippen molar-refractivity contribution in [3.05, 3.63) is 153 Å². The molecule has 0 aliphatic heterocycles. The second-order valence-corrected chi connectivity index (χ2v) is 10.9. The molecule has 0 unspecified atom stereocenters. The summed E-state index contributed by atoms with van der Waals surface area (Å²) in [7, 11) is 0. The Kier molecular flexibility index (Phi) is 8.06. The molecule has 0 nitrogen and oxygen atoms in total. The highest BCUT2D eigenvalue weighted by Gasteiger charge is 2.20. The molecule has 0 atom stereocenters. The monoisotopic (exact) mass is 646 g/mol. The molecule has 0 aromatic heterocycles. The van der Waals surface area contributed by atoms with Crippen molar-refractivity contribution in [3.8, 4) is 45.2 Å². The van der Waals surface area contributed by atoms with Gasteiger partial charge in [-0.3, -0.25) is 0 Å². The molecule has 0 heterocycles. The summed E-state index contributed by atoms with van der Waals surface area (Å²) in [6.45, 7) is 3.17. The van der Waals surface area contributed by atoms with Gasteiger partial charge in [0.2, 0.25) is 0 Å². The average Bonchev–Trinajstić information content (AvgIpc) is 3.00. The number of hydrogen-bond donors (Lipinski definition) is 0. The lowest BCUT2D eigenvalue weighted by molar-refractivity contribution is 0.447. The molecule has 234 valence electrons. The van der Waals surface area contributed by atoms with Crippen LogP contribution in [0.4, 0.5) is 39.5 Å². The zero-order chi connectivity index (χ0) is 33.7. The van der Waals surface area contributed by atoms with Gasteiger partial charge in [-0.15, -0.1) is 0 Å². The number of hydrogen-bond acceptors (Lipinski definition) is 0. The summed E-state index contributed by atoms with van der Waals surface area (Å²) in [6, 6.07) is 14.5. The first kappa shape index (κ1) is 31.5. The van der Waals surface area contributed by atoms with Crippen molar-refractivity contribution in [1.29, 1.82) is 0 Å². The minimum absolute atomic E-state index is 0.0202. The van der Waals surface area contributed by atoms with E-state index in [2.05, 4.69) is 11.8 Å². The normalized spacial score (nSPS) is 11.1. The summed E-state index contributed by atoms with van der Waals surface area (Å²) in [6.07, 6.45) is 0. The Hall–Kier alpha value is -5.49. The SMILES string of the molecule is Cc1ccc(-c2ccc(-c3cc(F)c4c(F)c(C#Cc5cc(F)c(-c6cc(F)c(F)c(F)c6)cc5C)c(F)cc4c3)c(F)c2)c(F)c1. The second-order valence-electron chi connectivity index (χ2n) is 10.9. The van der Waals surface area contributed by atoms with Crippen LogP contribution in [0.5, 0.6) is 0 Å². The summed E-state index contributed by atoms with van der Waals surface area (Å²) < 4.78 is 131. The number of fused-ring (bicyclic) bond motifs is 1. The first-order chi connectivity index (χ1) is 22.3. The van der Waals surface area contributed by atoms with Gasteiger partial charge < -0.3 is 0 Å². The van der Waals surface area contributed by atoms with Crippen LogP contribution in [0.3, 0.4) is 0 Å². The van der Waals surface area contributed by atoms with Gasteiger partial charge in [-0.25, -0.2) is 39.5 Å². The Morgan fingerprint density at radius 2 is 1.00 bits per heavy atom. The largest absolute Gasteiger partial charge is 0.206 e. The minimum Gasteiger partial charge on any atom is -0.206 e. The van der Waals surface area contributed by atoms with Gasteiger partial charge in [-0.05, 0) is 102 Å². The van der Waals surface area contributed by atoms with E-state index in [1.807, 2.05) is 0 Å². The van der Waals surface area contributed by atoms with E-state index in [0.29, 0.717) is 17.7 Å². The highest BCUT2D eigenvalue weighted by Crippen LogP contribution is 2.35. The van der Waals surface area contributed by atoms with Crippen molar-refractivity contribution in [2.24, 2.45) is 0 Å². The van der Waals surface area contributed by atoms with E-state index in [-0.39, 0.29) is 49.9 Å². The molecule has 0 spiro atoms. The van der Waals surface area contributed by atoms with E-state index in [0.717, 1.165) is 24.3 Å². The third-order valence-corrected chi connectivity index (χ3v) is 7.73. The van der Waals surface area contributed by atoms with E-state index in [9.17, 15) is 22.0 Å². The second kappa shape index (κ2) is 12.0. The average molecular weight is 647 g/mol. The minimum atomic E-state index is -1.71. The molecule has 6 rings (SSSR count). The van der Waals surface area contributed by atoms with Crippen molar-refractivity contribution in [2.45, 2.75) is 13.8 Å². The fourth-order valence-electron chi connectivity index (χ4n) is 5.33. The summed E-state index contributed by atoms with van der Waals surface area (Å²) in [5.41, 5.74) is -0.146. The molecule has 0 aliphatic carbocycles. The lowest BCUT2D eigenvalue weighted by Crippen LogP contribution is -1.97. The Labute approximate surface area is 262 Å². The molecule has 47 heavy (non-hydrogen) atoms. The number of benzene rings is 6. The molecule has 6 aromatic carbocycles. The van der Waals surface area contributed by atoms with E-state index in [1.165, 1.54) is 43.3 Å². The lowest BCUT2D eigenvalue weighted by atomic mass is 9.95. The summed E-state index contributed by atoms with van der Waals surface area (Å²) in [5.74, 6) is -6.02. The van der Waals surface area contributed by atoms with Gasteiger partial charge in [0.05, 0.1) is 10.9 Å². The first-order valence-electron chi connectivity index (χ1n) is 14.0. The molecule has 0 saturated carbocycles. The van der Waals surface area contributed by atoms with Gasteiger partial charge in [-0.1, -0.05) is 36.1 Å². The van der Waals surface area contributed by atoms with E-state index in [1.54, 1.807) is 13.0 Å². The Morgan fingerprint density at radius 3 is 1.68 bits per heavy atom. The van der Waals surface area contributed by atoms with Crippen LogP contribution in [0.25, 0.3) is 44.2 Å². The smallest absolute Gasteiger partial charge is 0.194 e. The van der Waals surface area contributed by atoms with Crippen molar-refractivity contribution < 1.29 is 39.5 Å². The van der Waals surface area contributed by atoms with Crippen molar-refractivity contribution in [1.82, 2.24) is 0 Å². The van der Waals surface area contributed by atoms with Crippen LogP contribution in [0.15, 0.2) is 78.9 Å². The zero-order valence-electron chi connectivity index (χ0n) is 24.4. The Bertz CT molecular complexity index is 2310. The van der Waals surface area contributed by atoms with Crippen LogP contribution >= 0.6 is 0 Å². The fraction of sp³-hybridized carbons (Fsp3) is 0.0526. The van der Waals surface area contributed by atoms with E-state index in [4.69, 9.17) is 0 Å². The summed E-state index contributed by atoms with van der Waals surface area (Å²) >= 11 is 0. The van der Waals surface area contributed by atoms with Crippen LogP contribution in [0, 0.1) is 78.0 Å². The third-order valence-electron chi connectivity index (χ3n) is 7.73. The van der Waals surface area contributed by atoms with E-state index >= 15 is 17.6 Å². The molecule has 0 fully saturated rings. The first-order valence-corrected chi connectivity index (χ1v) is 14.0. The standard InChI is InChI=1S/C38H19F9/c1-18-3-6-25(29(39)9-18)21-5-7-26(30(40)13-21)22-11-24-17-31(41)27(37(46)36(24)33(43)14-22)8-4-20-12-32(42)28(10-19(20)2)23-15-34(44)38(47)35(45)16-23/h3,5-7,9-17H,1-2H3. The predicted octanol–water partition coefficient (Wildman–Crippen LogP) is 11.1. The maximum Gasteiger partial charge on any atom is 0.194 e. The van der Waals surface area contributed by atoms with Gasteiger partial charge >= 0.3 is 0 Å². The Balaban J connectivity index is 1.36. The maximum atomic E-state index is 15.5. The van der Waals surface area contributed by atoms with Crippen LogP contribution in [-0.2, 0) is 0 Å². The summed E-state index contributed by atoms with van der Waals surface area (Å²) in [4.78, 5) is 0. The molecule has 0 N–H and O–H groups in total. The van der Waals surface area contributed by atoms with Crippen molar-refractivity contribution >= 4 is 10.8 Å². The lowest BCUT2D eigenvalue weighted by Gasteiger charge is -2.11. The van der Waals surface area contributed by atoms with Crippen molar-refractivity contribution in [3.63, 3.8) is 0 Å². The van der Waals surface area contributed by atoms with Gasteiger partial charge in [-0.2, -0.15) is 0 Å². The van der Waals surface area contributed by atoms with Crippen LogP contribution in [0.1, 0.15) is 22.3 Å². The molecule has 6 aromatic rings. The fourth-order valence-corrected chi connectivity index (χ4v) is 5.33. The topological polar surface area (TPSA) is 0 Å². The predicted molar refractivity (Wildman–Crippen MR) is 162 cm³/mol. The van der Waals surface area contributed by atoms with Crippen LogP contribution in [0.2, 0.25) is 0 Å². The van der Waals surface area contributed by atoms with E-state index < -0.39 is 63.3 Å². The maximum absolute atomic E-state index is 15.5. The molecule has 0 bridgehead atoms. The van der Waals surface area contributed by atoms with Gasteiger partial charge in [0.25, 0.3) is 0 Å². The quantitative estimate of drug-likeness (QED) is 0.102. The number of halogens is 9. The van der Waals surface area contributed by atoms with Crippen LogP contribution in [-0.4, -0.2) is 0 Å². The molecule has 0 saturated heterocycles. The number of rotatable bonds is 3. The summed E-state index contributed by atoms with van der Waals surface area (Å²) in [5, 5.41) is -0.837. The zero-order valence-corrected chi connectivity index (χ0v) is 24.4. The van der Waals surface area contributed by atoms with Gasteiger partial charge in [0, 0.05) is 22.3 Å². The highest BCUT2D eigenvalue weighted by molar-refractivity contribution is 5.90. The van der Waals surface area contributed by atoms with Gasteiger partial charge in [0.1, 0.15) is 29.1 Å². The molecule has 0 radical (unpaired) electrons. The Morgan fingerprint density at radius 1 is 0.426 bits per heavy atom. The third kappa shape index (κ3) is 5.83. The highest BCUT2D eigenvalue weighted by atomic mass is 19.2.